The Bertz CT molecular complexity index is 686. The molecule has 9 nitrogen and oxygen atoms in total. The average Bonchev–Trinajstić information content (AvgIpc) is 2.59. The number of halogens is 3. The predicted octanol–water partition coefficient (Wildman–Crippen LogP) is 1.89. The summed E-state index contributed by atoms with van der Waals surface area (Å²) >= 11 is 5.52. The van der Waals surface area contributed by atoms with E-state index in [0.29, 0.717) is 23.1 Å². The Morgan fingerprint density at radius 2 is 1.93 bits per heavy atom. The number of nitrogens with zero attached hydrogens (tertiary/aromatic N) is 3. The van der Waals surface area contributed by atoms with E-state index in [2.05, 4.69) is 32.9 Å². The Kier molecular flexibility index (Phi) is 12.4. The number of nitrogens with two attached hydrogens (primary N) is 1. The normalized spacial score (nSPS) is 11.6. The molecule has 156 valence electrons. The number of carbonyl (C=O) groups is 2. The van der Waals surface area contributed by atoms with Gasteiger partial charge in [-0.05, 0) is 18.2 Å². The van der Waals surface area contributed by atoms with E-state index in [1.54, 1.807) is 0 Å². The summed E-state index contributed by atoms with van der Waals surface area (Å²) in [5.74, 6) is -0.976. The van der Waals surface area contributed by atoms with E-state index in [1.807, 2.05) is 0 Å². The lowest BCUT2D eigenvalue weighted by molar-refractivity contribution is -0.134. The van der Waals surface area contributed by atoms with Crippen molar-refractivity contribution in [3.05, 3.63) is 24.4 Å². The Morgan fingerprint density at radius 3 is 2.43 bits per heavy atom. The van der Waals surface area contributed by atoms with Gasteiger partial charge < -0.3 is 21.3 Å². The number of nitrogens with one attached hydrogen (secondary N) is 1. The van der Waals surface area contributed by atoms with Gasteiger partial charge in [-0.25, -0.2) is 24.5 Å². The molecule has 0 saturated heterocycles. The van der Waals surface area contributed by atoms with Gasteiger partial charge in [-0.2, -0.15) is 25.8 Å². The molecule has 0 fully saturated rings. The third-order valence-electron chi connectivity index (χ3n) is 2.22. The smallest absolute Gasteiger partial charge is 0.408 e. The molecule has 0 unspecified atom stereocenters. The van der Waals surface area contributed by atoms with Crippen LogP contribution in [0.15, 0.2) is 34.6 Å². The van der Waals surface area contributed by atoms with Crippen LogP contribution >= 0.6 is 24.4 Å². The van der Waals surface area contributed by atoms with Crippen LogP contribution < -0.4 is 11.1 Å². The van der Waals surface area contributed by atoms with Gasteiger partial charge in [0.2, 0.25) is 0 Å². The third kappa shape index (κ3) is 15.7. The highest BCUT2D eigenvalue weighted by Crippen LogP contribution is 2.16. The maximum atomic E-state index is 12.0. The van der Waals surface area contributed by atoms with Gasteiger partial charge in [-0.1, -0.05) is 11.8 Å². The number of aliphatic imine (C=N–C) groups is 1. The number of guanidine groups is 1. The van der Waals surface area contributed by atoms with Crippen LogP contribution in [-0.4, -0.2) is 62.3 Å². The first-order valence-electron chi connectivity index (χ1n) is 7.38. The fourth-order valence-corrected chi connectivity index (χ4v) is 2.34. The minimum Gasteiger partial charge on any atom is -0.478 e. The van der Waals surface area contributed by atoms with E-state index in [-0.39, 0.29) is 5.96 Å². The molecule has 0 aliphatic rings. The molecule has 5 N–H and O–H groups in total. The zero-order chi connectivity index (χ0) is 21.6. The molecule has 0 aliphatic heterocycles. The Balaban J connectivity index is 0.000000769. The largest absolute Gasteiger partial charge is 0.478 e. The summed E-state index contributed by atoms with van der Waals surface area (Å²) in [5.41, 5.74) is 5.35. The van der Waals surface area contributed by atoms with Crippen LogP contribution in [0.4, 0.5) is 19.0 Å². The minimum atomic E-state index is -4.38. The number of thiol groups is 1. The molecular formula is C14H18F3N5O4S2. The van der Waals surface area contributed by atoms with Crippen LogP contribution in [0, 0.1) is 0 Å². The lowest BCUT2D eigenvalue weighted by atomic mass is 10.5. The molecule has 0 atom stereocenters. The number of carboxylic acids is 2. The Morgan fingerprint density at radius 1 is 1.32 bits per heavy atom. The summed E-state index contributed by atoms with van der Waals surface area (Å²) in [6.07, 6.45) is -0.865. The highest BCUT2D eigenvalue weighted by Gasteiger charge is 2.26. The van der Waals surface area contributed by atoms with Gasteiger partial charge in [0.15, 0.2) is 11.1 Å². The summed E-state index contributed by atoms with van der Waals surface area (Å²) in [6.45, 7) is -1.33. The quantitative estimate of drug-likeness (QED) is 0.0775. The first-order valence-corrected chi connectivity index (χ1v) is 8.99. The fraction of sp³-hybridized carbons (Fsp3) is 0.357. The van der Waals surface area contributed by atoms with E-state index < -0.39 is 24.7 Å². The van der Waals surface area contributed by atoms with Crippen molar-refractivity contribution in [1.82, 2.24) is 9.97 Å². The van der Waals surface area contributed by atoms with Crippen molar-refractivity contribution in [3.8, 4) is 0 Å². The Labute approximate surface area is 167 Å². The molecule has 14 heteroatoms. The lowest BCUT2D eigenvalue weighted by Gasteiger charge is -2.07. The fourth-order valence-electron chi connectivity index (χ4n) is 1.20. The van der Waals surface area contributed by atoms with Gasteiger partial charge in [0.05, 0.1) is 0 Å². The molecule has 0 aliphatic carbocycles. The molecule has 1 rings (SSSR count). The van der Waals surface area contributed by atoms with Crippen molar-refractivity contribution >= 4 is 48.1 Å². The number of aromatic nitrogens is 2. The maximum absolute atomic E-state index is 12.0. The van der Waals surface area contributed by atoms with Crippen molar-refractivity contribution in [2.24, 2.45) is 10.7 Å². The second-order valence-corrected chi connectivity index (χ2v) is 6.11. The van der Waals surface area contributed by atoms with Crippen LogP contribution in [0.3, 0.4) is 0 Å². The SMILES string of the molecule is N/C(=N/CC(F)(F)F)Nc1ccnc(SCCCS)n1.O=C(O)/C=C\C(=O)O. The van der Waals surface area contributed by atoms with Gasteiger partial charge >= 0.3 is 18.1 Å². The summed E-state index contributed by atoms with van der Waals surface area (Å²) < 4.78 is 35.9. The van der Waals surface area contributed by atoms with Crippen LogP contribution in [0.5, 0.6) is 0 Å². The molecule has 1 aromatic rings. The minimum absolute atomic E-state index is 0.303. The van der Waals surface area contributed by atoms with Crippen molar-refractivity contribution in [2.45, 2.75) is 17.8 Å². The average molecular weight is 441 g/mol. The monoisotopic (exact) mass is 441 g/mol. The zero-order valence-corrected chi connectivity index (χ0v) is 16.0. The summed E-state index contributed by atoms with van der Waals surface area (Å²) in [6, 6.07) is 1.50. The topological polar surface area (TPSA) is 151 Å². The number of anilines is 1. The molecule has 1 heterocycles. The number of hydrogen-bond donors (Lipinski definition) is 5. The van der Waals surface area contributed by atoms with Crippen LogP contribution in [0.1, 0.15) is 6.42 Å². The van der Waals surface area contributed by atoms with E-state index >= 15 is 0 Å². The molecule has 0 saturated carbocycles. The van der Waals surface area contributed by atoms with Crippen LogP contribution in [-0.2, 0) is 9.59 Å². The number of carboxylic acid groups (broad SMARTS) is 2. The van der Waals surface area contributed by atoms with Gasteiger partial charge in [0.25, 0.3) is 0 Å². The van der Waals surface area contributed by atoms with Gasteiger partial charge in [-0.15, -0.1) is 0 Å². The first-order chi connectivity index (χ1) is 13.0. The molecule has 0 aromatic carbocycles. The molecule has 0 spiro atoms. The predicted molar refractivity (Wildman–Crippen MR) is 102 cm³/mol. The van der Waals surface area contributed by atoms with E-state index in [0.717, 1.165) is 17.9 Å². The second-order valence-electron chi connectivity index (χ2n) is 4.60. The summed E-state index contributed by atoms with van der Waals surface area (Å²) in [5, 5.41) is 18.6. The van der Waals surface area contributed by atoms with Gasteiger partial charge in [0.1, 0.15) is 12.4 Å². The van der Waals surface area contributed by atoms with Gasteiger partial charge in [0, 0.05) is 24.1 Å². The van der Waals surface area contributed by atoms with Crippen molar-refractivity contribution < 1.29 is 33.0 Å². The maximum Gasteiger partial charge on any atom is 0.408 e. The van der Waals surface area contributed by atoms with E-state index in [9.17, 15) is 22.8 Å². The zero-order valence-electron chi connectivity index (χ0n) is 14.3. The molecule has 28 heavy (non-hydrogen) atoms. The van der Waals surface area contributed by atoms with Crippen LogP contribution in [0.2, 0.25) is 0 Å². The van der Waals surface area contributed by atoms with E-state index in [1.165, 1.54) is 24.0 Å². The number of hydrogen-bond acceptors (Lipinski definition) is 7. The first kappa shape index (κ1) is 25.5. The molecule has 0 radical (unpaired) electrons. The van der Waals surface area contributed by atoms with Crippen molar-refractivity contribution in [1.29, 1.82) is 0 Å². The molecule has 1 aromatic heterocycles. The van der Waals surface area contributed by atoms with Crippen molar-refractivity contribution in [3.63, 3.8) is 0 Å². The van der Waals surface area contributed by atoms with Gasteiger partial charge in [-0.3, -0.25) is 0 Å². The molecular weight excluding hydrogens is 423 g/mol. The highest BCUT2D eigenvalue weighted by atomic mass is 32.2. The number of thioether (sulfide) groups is 1. The highest BCUT2D eigenvalue weighted by molar-refractivity contribution is 7.99. The molecule has 0 amide bonds. The second kappa shape index (κ2) is 13.7. The van der Waals surface area contributed by atoms with E-state index in [4.69, 9.17) is 15.9 Å². The number of aliphatic carboxylic acids is 2. The third-order valence-corrected chi connectivity index (χ3v) is 3.48. The number of rotatable bonds is 8. The standard InChI is InChI=1S/C10H14F3N5S2.C4H4O4/c11-10(12,13)6-16-8(14)17-7-2-3-15-9(18-7)20-5-1-4-19;5-3(6)1-2-4(7)8/h2-3,19H,1,4-6H2,(H3,14,15,16,17,18);1-2H,(H,5,6)(H,7,8)/b;2-1-. The van der Waals surface area contributed by atoms with Crippen LogP contribution in [0.25, 0.3) is 0 Å². The molecule has 0 bridgehead atoms. The summed E-state index contributed by atoms with van der Waals surface area (Å²) in [4.78, 5) is 30.4. The lowest BCUT2D eigenvalue weighted by Crippen LogP contribution is -2.26. The number of alkyl halides is 3. The Hall–Kier alpha value is -2.48. The van der Waals surface area contributed by atoms with Crippen molar-refractivity contribution in [2.75, 3.05) is 23.4 Å². The summed E-state index contributed by atoms with van der Waals surface area (Å²) in [7, 11) is 0.